The highest BCUT2D eigenvalue weighted by molar-refractivity contribution is 6.08. The molecule has 3 nitrogen and oxygen atoms in total. The Morgan fingerprint density at radius 3 is 1.95 bits per heavy atom. The molecule has 1 unspecified atom stereocenters. The number of carboxylic acids is 1. The van der Waals surface area contributed by atoms with Crippen LogP contribution in [0.5, 0.6) is 0 Å². The summed E-state index contributed by atoms with van der Waals surface area (Å²) in [5, 5.41) is 10.8. The summed E-state index contributed by atoms with van der Waals surface area (Å²) in [7, 11) is 0. The normalized spacial score (nSPS) is 11.8. The lowest BCUT2D eigenvalue weighted by atomic mass is 9.97. The first-order valence-electron chi connectivity index (χ1n) is 6.00. The third-order valence-electron chi connectivity index (χ3n) is 3.06. The summed E-state index contributed by atoms with van der Waals surface area (Å²) in [6.07, 6.45) is 0. The van der Waals surface area contributed by atoms with Gasteiger partial charge in [-0.25, -0.2) is 0 Å². The topological polar surface area (TPSA) is 57.2 Å². The first kappa shape index (κ1) is 13.0. The van der Waals surface area contributed by atoms with E-state index in [4.69, 9.17) is 0 Å². The minimum Gasteiger partial charge on any atom is -0.550 e. The summed E-state index contributed by atoms with van der Waals surface area (Å²) in [5.74, 6) is -1.88. The largest absolute Gasteiger partial charge is 0.550 e. The van der Waals surface area contributed by atoms with Crippen LogP contribution in [0, 0.1) is 0 Å². The van der Waals surface area contributed by atoms with Gasteiger partial charge in [0.2, 0.25) is 0 Å². The quantitative estimate of drug-likeness (QED) is 0.780. The first-order valence-corrected chi connectivity index (χ1v) is 6.00. The van der Waals surface area contributed by atoms with Gasteiger partial charge in [0.25, 0.3) is 0 Å². The summed E-state index contributed by atoms with van der Waals surface area (Å²) in [4.78, 5) is 22.9. The van der Waals surface area contributed by atoms with Crippen molar-refractivity contribution in [3.63, 3.8) is 0 Å². The van der Waals surface area contributed by atoms with E-state index in [0.717, 1.165) is 0 Å². The third-order valence-corrected chi connectivity index (χ3v) is 3.06. The van der Waals surface area contributed by atoms with Crippen molar-refractivity contribution in [3.05, 3.63) is 71.3 Å². The Bertz CT molecular complexity index is 585. The number of ketones is 1. The second-order valence-electron chi connectivity index (χ2n) is 4.36. The van der Waals surface area contributed by atoms with Crippen molar-refractivity contribution in [2.75, 3.05) is 0 Å². The monoisotopic (exact) mass is 253 g/mol. The summed E-state index contributed by atoms with van der Waals surface area (Å²) in [5.41, 5.74) is 1.79. The van der Waals surface area contributed by atoms with E-state index in [2.05, 4.69) is 0 Å². The zero-order chi connectivity index (χ0) is 13.8. The molecule has 0 bridgehead atoms. The number of carbonyl (C=O) groups excluding carboxylic acids is 2. The van der Waals surface area contributed by atoms with Crippen molar-refractivity contribution in [1.82, 2.24) is 0 Å². The molecule has 0 saturated heterocycles. The van der Waals surface area contributed by atoms with Crippen LogP contribution in [0.25, 0.3) is 0 Å². The molecule has 0 heterocycles. The summed E-state index contributed by atoms with van der Waals surface area (Å²) >= 11 is 0. The van der Waals surface area contributed by atoms with Crippen molar-refractivity contribution in [2.45, 2.75) is 12.8 Å². The van der Waals surface area contributed by atoms with Crippen LogP contribution >= 0.6 is 0 Å². The van der Waals surface area contributed by atoms with E-state index in [9.17, 15) is 14.7 Å². The minimum atomic E-state index is -1.12. The van der Waals surface area contributed by atoms with Crippen LogP contribution < -0.4 is 5.11 Å². The molecule has 0 N–H and O–H groups in total. The van der Waals surface area contributed by atoms with E-state index in [0.29, 0.717) is 16.7 Å². The van der Waals surface area contributed by atoms with Gasteiger partial charge < -0.3 is 9.90 Å². The average molecular weight is 253 g/mol. The van der Waals surface area contributed by atoms with Crippen LogP contribution in [0.4, 0.5) is 0 Å². The second-order valence-corrected chi connectivity index (χ2v) is 4.36. The summed E-state index contributed by atoms with van der Waals surface area (Å²) < 4.78 is 0. The van der Waals surface area contributed by atoms with Crippen molar-refractivity contribution >= 4 is 11.8 Å². The third kappa shape index (κ3) is 2.88. The Morgan fingerprint density at radius 1 is 0.895 bits per heavy atom. The van der Waals surface area contributed by atoms with E-state index in [-0.39, 0.29) is 5.78 Å². The molecule has 0 aliphatic carbocycles. The van der Waals surface area contributed by atoms with Crippen molar-refractivity contribution in [1.29, 1.82) is 0 Å². The first-order chi connectivity index (χ1) is 9.09. The number of hydrogen-bond acceptors (Lipinski definition) is 3. The lowest BCUT2D eigenvalue weighted by molar-refractivity contribution is -0.307. The van der Waals surface area contributed by atoms with Gasteiger partial charge in [-0.15, -0.1) is 0 Å². The zero-order valence-corrected chi connectivity index (χ0v) is 10.5. The number of benzene rings is 2. The molecule has 0 aromatic heterocycles. The Kier molecular flexibility index (Phi) is 3.76. The molecule has 0 spiro atoms. The Labute approximate surface area is 111 Å². The van der Waals surface area contributed by atoms with E-state index in [1.165, 1.54) is 0 Å². The number of aliphatic carboxylic acids is 1. The molecular weight excluding hydrogens is 240 g/mol. The molecule has 96 valence electrons. The smallest absolute Gasteiger partial charge is 0.193 e. The van der Waals surface area contributed by atoms with E-state index in [1.807, 2.05) is 6.07 Å². The average Bonchev–Trinajstić information content (AvgIpc) is 2.46. The molecule has 2 aromatic carbocycles. The maximum atomic E-state index is 12.1. The molecule has 1 atom stereocenters. The zero-order valence-electron chi connectivity index (χ0n) is 10.5. The van der Waals surface area contributed by atoms with Crippen LogP contribution in [-0.4, -0.2) is 11.8 Å². The van der Waals surface area contributed by atoms with Gasteiger partial charge in [-0.2, -0.15) is 0 Å². The van der Waals surface area contributed by atoms with Crippen molar-refractivity contribution in [3.8, 4) is 0 Å². The SMILES string of the molecule is CC(C(=O)[O-])c1ccc(C(=O)c2ccccc2)cc1. The van der Waals surface area contributed by atoms with Gasteiger partial charge in [-0.1, -0.05) is 61.5 Å². The highest BCUT2D eigenvalue weighted by Crippen LogP contribution is 2.17. The van der Waals surface area contributed by atoms with Gasteiger partial charge in [0.05, 0.1) is 0 Å². The van der Waals surface area contributed by atoms with Gasteiger partial charge in [0.15, 0.2) is 5.78 Å². The molecule has 0 amide bonds. The lowest BCUT2D eigenvalue weighted by Gasteiger charge is -2.13. The van der Waals surface area contributed by atoms with Gasteiger partial charge in [-0.3, -0.25) is 4.79 Å². The molecule has 0 saturated carbocycles. The van der Waals surface area contributed by atoms with Crippen molar-refractivity contribution in [2.24, 2.45) is 0 Å². The number of carboxylic acid groups (broad SMARTS) is 1. The van der Waals surface area contributed by atoms with Gasteiger partial charge >= 0.3 is 0 Å². The fraction of sp³-hybridized carbons (Fsp3) is 0.125. The Hall–Kier alpha value is -2.42. The second kappa shape index (κ2) is 5.48. The fourth-order valence-electron chi connectivity index (χ4n) is 1.82. The number of carbonyl (C=O) groups is 2. The maximum absolute atomic E-state index is 12.1. The number of hydrogen-bond donors (Lipinski definition) is 0. The van der Waals surface area contributed by atoms with E-state index < -0.39 is 11.9 Å². The van der Waals surface area contributed by atoms with Crippen LogP contribution in [0.2, 0.25) is 0 Å². The lowest BCUT2D eigenvalue weighted by Crippen LogP contribution is -2.27. The predicted octanol–water partition coefficient (Wildman–Crippen LogP) is 1.77. The predicted molar refractivity (Wildman–Crippen MR) is 69.7 cm³/mol. The van der Waals surface area contributed by atoms with Crippen LogP contribution in [-0.2, 0) is 4.79 Å². The van der Waals surface area contributed by atoms with E-state index in [1.54, 1.807) is 55.5 Å². The summed E-state index contributed by atoms with van der Waals surface area (Å²) in [6, 6.07) is 15.5. The van der Waals surface area contributed by atoms with Crippen LogP contribution in [0.1, 0.15) is 34.3 Å². The standard InChI is InChI=1S/C16H14O3/c1-11(16(18)19)12-7-9-14(10-8-12)15(17)13-5-3-2-4-6-13/h2-11H,1H3,(H,18,19)/p-1. The number of rotatable bonds is 4. The molecule has 3 heteroatoms. The van der Waals surface area contributed by atoms with Gasteiger partial charge in [-0.05, 0) is 5.56 Å². The summed E-state index contributed by atoms with van der Waals surface area (Å²) in [6.45, 7) is 1.56. The van der Waals surface area contributed by atoms with Crippen molar-refractivity contribution < 1.29 is 14.7 Å². The molecule has 0 aliphatic heterocycles. The molecule has 2 aromatic rings. The molecule has 0 fully saturated rings. The highest BCUT2D eigenvalue weighted by atomic mass is 16.4. The molecule has 0 radical (unpaired) electrons. The van der Waals surface area contributed by atoms with Gasteiger partial charge in [0.1, 0.15) is 0 Å². The minimum absolute atomic E-state index is 0.0757. The molecule has 19 heavy (non-hydrogen) atoms. The Balaban J connectivity index is 2.24. The highest BCUT2D eigenvalue weighted by Gasteiger charge is 2.10. The molecular formula is C16H13O3-. The van der Waals surface area contributed by atoms with Gasteiger partial charge in [0, 0.05) is 23.0 Å². The van der Waals surface area contributed by atoms with Crippen LogP contribution in [0.3, 0.4) is 0 Å². The van der Waals surface area contributed by atoms with Crippen LogP contribution in [0.15, 0.2) is 54.6 Å². The maximum Gasteiger partial charge on any atom is 0.193 e. The van der Waals surface area contributed by atoms with E-state index >= 15 is 0 Å². The Morgan fingerprint density at radius 2 is 1.42 bits per heavy atom. The fourth-order valence-corrected chi connectivity index (χ4v) is 1.82. The molecule has 0 aliphatic rings. The molecule has 2 rings (SSSR count).